The summed E-state index contributed by atoms with van der Waals surface area (Å²) in [5, 5.41) is 35.2. The van der Waals surface area contributed by atoms with E-state index < -0.39 is 121 Å². The number of aromatic nitrogens is 2. The number of hydrogen-bond donors (Lipinski definition) is 12. The van der Waals surface area contributed by atoms with Crippen LogP contribution in [0.1, 0.15) is 79.3 Å². The number of aliphatic imine (C=N–C) groups is 1. The molecule has 0 aromatic carbocycles. The number of nitrogens with two attached hydrogens (primary N) is 2. The van der Waals surface area contributed by atoms with Crippen LogP contribution >= 0.6 is 0 Å². The molecular formula is C37H60N12O14. The van der Waals surface area contributed by atoms with Crippen molar-refractivity contribution in [3.63, 3.8) is 0 Å². The van der Waals surface area contributed by atoms with Gasteiger partial charge >= 0.3 is 24.0 Å². The molecule has 1 aromatic heterocycles. The Morgan fingerprint density at radius 2 is 1.29 bits per heavy atom. The van der Waals surface area contributed by atoms with Crippen LogP contribution in [0.3, 0.4) is 0 Å². The Kier molecular flexibility index (Phi) is 22.6. The van der Waals surface area contributed by atoms with Gasteiger partial charge in [-0.05, 0) is 52.9 Å². The number of carbonyl (C=O) groups is 10. The molecule has 26 heteroatoms. The number of hydrogen-bond acceptors (Lipinski definition) is 14. The minimum Gasteiger partial charge on any atom is -0.481 e. The molecule has 1 rings (SSSR count). The number of amides is 7. The number of aliphatic carboxylic acids is 2. The summed E-state index contributed by atoms with van der Waals surface area (Å²) in [5.74, 6) is -10.3. The molecule has 63 heavy (non-hydrogen) atoms. The van der Waals surface area contributed by atoms with Crippen LogP contribution in [0.4, 0.5) is 4.79 Å². The zero-order chi connectivity index (χ0) is 48.0. The molecule has 6 atom stereocenters. The molecule has 0 aliphatic heterocycles. The molecule has 1 heterocycles. The lowest BCUT2D eigenvalue weighted by Gasteiger charge is -2.26. The predicted molar refractivity (Wildman–Crippen MR) is 220 cm³/mol. The van der Waals surface area contributed by atoms with E-state index in [0.717, 1.165) is 7.11 Å². The highest BCUT2D eigenvalue weighted by Gasteiger charge is 2.34. The third-order valence-electron chi connectivity index (χ3n) is 8.29. The van der Waals surface area contributed by atoms with Gasteiger partial charge in [0.1, 0.15) is 48.4 Å². The van der Waals surface area contributed by atoms with Crippen molar-refractivity contribution in [2.24, 2.45) is 22.4 Å². The van der Waals surface area contributed by atoms with E-state index in [-0.39, 0.29) is 44.1 Å². The van der Waals surface area contributed by atoms with Gasteiger partial charge in [0.25, 0.3) is 0 Å². The van der Waals surface area contributed by atoms with Crippen molar-refractivity contribution in [1.29, 1.82) is 0 Å². The number of ether oxygens (including phenoxy) is 2. The predicted octanol–water partition coefficient (Wildman–Crippen LogP) is -3.37. The first kappa shape index (κ1) is 54.0. The van der Waals surface area contributed by atoms with Gasteiger partial charge in [0.05, 0.1) is 26.3 Å². The number of nitrogens with zero attached hydrogens (tertiary/aromatic N) is 2. The fourth-order valence-corrected chi connectivity index (χ4v) is 5.40. The van der Waals surface area contributed by atoms with Crippen molar-refractivity contribution in [2.45, 2.75) is 122 Å². The van der Waals surface area contributed by atoms with Crippen LogP contribution < -0.4 is 48.7 Å². The molecule has 0 aliphatic rings. The van der Waals surface area contributed by atoms with E-state index >= 15 is 0 Å². The molecule has 7 amide bonds. The van der Waals surface area contributed by atoms with E-state index in [2.05, 4.69) is 52.2 Å². The number of aromatic amines is 1. The van der Waals surface area contributed by atoms with Crippen molar-refractivity contribution in [2.75, 3.05) is 20.2 Å². The average molecular weight is 897 g/mol. The SMILES string of the molecule is COC(=O)C(CC(C)C)NC(=O)C(CC(=O)O)NC(=O)C(Cc1cnc[nH]1)NC(=O)C(CCCN=C(N)N)NC(=O)C(C)NC(=O)C(CC(=O)O)NC(=O)CNC(=O)OC(C)(C)C. The molecule has 0 bridgehead atoms. The van der Waals surface area contributed by atoms with E-state index in [1.807, 2.05) is 0 Å². The van der Waals surface area contributed by atoms with Gasteiger partial charge in [-0.25, -0.2) is 14.6 Å². The topological polar surface area (TPSA) is 407 Å². The lowest BCUT2D eigenvalue weighted by Crippen LogP contribution is -2.60. The van der Waals surface area contributed by atoms with Crippen LogP contribution in [-0.2, 0) is 59.0 Å². The molecule has 0 saturated carbocycles. The second-order valence-electron chi connectivity index (χ2n) is 15.5. The Hall–Kier alpha value is -7.02. The molecule has 1 aromatic rings. The van der Waals surface area contributed by atoms with Gasteiger partial charge in [-0.2, -0.15) is 0 Å². The molecule has 26 nitrogen and oxygen atoms in total. The van der Waals surface area contributed by atoms with Crippen LogP contribution in [0.2, 0.25) is 0 Å². The minimum absolute atomic E-state index is 0.0129. The van der Waals surface area contributed by atoms with Crippen LogP contribution in [0.25, 0.3) is 0 Å². The number of rotatable bonds is 26. The monoisotopic (exact) mass is 896 g/mol. The summed E-state index contributed by atoms with van der Waals surface area (Å²) < 4.78 is 9.79. The first-order chi connectivity index (χ1) is 29.3. The standard InChI is InChI=1S/C37H60N12O14/c1-18(2)11-25(34(60)62-7)49-33(59)24(14-28(53)54)48-32(58)22(12-20-15-40-17-43-20)47-30(56)21(9-8-10-41-35(38)39)46-29(55)19(3)44-31(57)23(13-27(51)52)45-26(50)16-42-36(61)63-37(4,5)6/h15,17-19,21-25H,8-14,16H2,1-7H3,(H,40,43)(H,42,61)(H,44,57)(H,45,50)(H,46,55)(H,47,56)(H,48,58)(H,49,59)(H,51,52)(H,53,54)(H4,38,39,41). The van der Waals surface area contributed by atoms with Gasteiger partial charge in [-0.3, -0.25) is 43.3 Å². The van der Waals surface area contributed by atoms with Gasteiger partial charge in [-0.1, -0.05) is 13.8 Å². The van der Waals surface area contributed by atoms with E-state index in [1.54, 1.807) is 34.6 Å². The third kappa shape index (κ3) is 22.4. The van der Waals surface area contributed by atoms with Crippen molar-refractivity contribution in [3.05, 3.63) is 18.2 Å². The second kappa shape index (κ2) is 26.3. The highest BCUT2D eigenvalue weighted by Crippen LogP contribution is 2.10. The van der Waals surface area contributed by atoms with Crippen molar-refractivity contribution in [3.8, 4) is 0 Å². The smallest absolute Gasteiger partial charge is 0.408 e. The molecule has 0 fully saturated rings. The minimum atomic E-state index is -1.74. The summed E-state index contributed by atoms with van der Waals surface area (Å²) in [6, 6.07) is -9.13. The maximum atomic E-state index is 13.9. The van der Waals surface area contributed by atoms with Crippen LogP contribution in [-0.4, -0.2) is 148 Å². The average Bonchev–Trinajstić information content (AvgIpc) is 3.68. The van der Waals surface area contributed by atoms with Crippen LogP contribution in [0, 0.1) is 5.92 Å². The third-order valence-corrected chi connectivity index (χ3v) is 8.29. The summed E-state index contributed by atoms with van der Waals surface area (Å²) in [7, 11) is 1.10. The van der Waals surface area contributed by atoms with Gasteiger partial charge < -0.3 is 73.4 Å². The first-order valence-electron chi connectivity index (χ1n) is 19.6. The Morgan fingerprint density at radius 1 is 0.762 bits per heavy atom. The van der Waals surface area contributed by atoms with E-state index in [1.165, 1.54) is 19.4 Å². The molecule has 0 saturated heterocycles. The number of carboxylic acids is 2. The molecule has 0 aliphatic carbocycles. The number of carbonyl (C=O) groups excluding carboxylic acids is 8. The number of carboxylic acid groups (broad SMARTS) is 2. The number of alkyl carbamates (subject to hydrolysis) is 1. The lowest BCUT2D eigenvalue weighted by atomic mass is 10.0. The maximum absolute atomic E-state index is 13.9. The Labute approximate surface area is 362 Å². The molecule has 14 N–H and O–H groups in total. The van der Waals surface area contributed by atoms with Crippen molar-refractivity contribution in [1.82, 2.24) is 47.2 Å². The zero-order valence-corrected chi connectivity index (χ0v) is 36.2. The summed E-state index contributed by atoms with van der Waals surface area (Å²) in [6.45, 7) is 8.79. The van der Waals surface area contributed by atoms with Gasteiger partial charge in [0, 0.05) is 24.9 Å². The van der Waals surface area contributed by atoms with E-state index in [9.17, 15) is 58.2 Å². The second-order valence-corrected chi connectivity index (χ2v) is 15.5. The van der Waals surface area contributed by atoms with Crippen molar-refractivity contribution < 1.29 is 67.6 Å². The summed E-state index contributed by atoms with van der Waals surface area (Å²) in [6.07, 6.45) is -0.439. The van der Waals surface area contributed by atoms with Crippen molar-refractivity contribution >= 4 is 65.4 Å². The Bertz CT molecular complexity index is 1790. The van der Waals surface area contributed by atoms with Gasteiger partial charge in [-0.15, -0.1) is 0 Å². The molecule has 0 spiro atoms. The normalized spacial score (nSPS) is 13.8. The summed E-state index contributed by atoms with van der Waals surface area (Å²) in [4.78, 5) is 138. The Balaban J connectivity index is 3.33. The molecule has 6 unspecified atom stereocenters. The fraction of sp³-hybridized carbons (Fsp3) is 0.622. The Morgan fingerprint density at radius 3 is 1.81 bits per heavy atom. The number of imidazole rings is 1. The lowest BCUT2D eigenvalue weighted by molar-refractivity contribution is -0.146. The summed E-state index contributed by atoms with van der Waals surface area (Å²) >= 11 is 0. The summed E-state index contributed by atoms with van der Waals surface area (Å²) in [5.41, 5.74) is 10.2. The quantitative estimate of drug-likeness (QED) is 0.0187. The number of esters is 1. The van der Waals surface area contributed by atoms with E-state index in [4.69, 9.17) is 20.9 Å². The number of nitrogens with one attached hydrogen (secondary N) is 8. The number of guanidine groups is 1. The highest BCUT2D eigenvalue weighted by atomic mass is 16.6. The maximum Gasteiger partial charge on any atom is 0.408 e. The van der Waals surface area contributed by atoms with Gasteiger partial charge in [0.15, 0.2) is 5.96 Å². The largest absolute Gasteiger partial charge is 0.481 e. The van der Waals surface area contributed by atoms with Crippen LogP contribution in [0.5, 0.6) is 0 Å². The number of H-pyrrole nitrogens is 1. The number of methoxy groups -OCH3 is 1. The molecular weight excluding hydrogens is 836 g/mol. The molecule has 0 radical (unpaired) electrons. The first-order valence-corrected chi connectivity index (χ1v) is 19.6. The fourth-order valence-electron chi connectivity index (χ4n) is 5.40. The zero-order valence-electron chi connectivity index (χ0n) is 36.2. The van der Waals surface area contributed by atoms with Gasteiger partial charge in [0.2, 0.25) is 35.4 Å². The molecule has 352 valence electrons. The van der Waals surface area contributed by atoms with E-state index in [0.29, 0.717) is 5.69 Å². The van der Waals surface area contributed by atoms with Crippen LogP contribution in [0.15, 0.2) is 17.5 Å². The highest BCUT2D eigenvalue weighted by molar-refractivity contribution is 5.98.